The Balaban J connectivity index is 1.89. The lowest BCUT2D eigenvalue weighted by atomic mass is 10.2. The van der Waals surface area contributed by atoms with Gasteiger partial charge in [-0.3, -0.25) is 4.90 Å². The molecule has 0 atom stereocenters. The molecular formula is C12H20N2O. The quantitative estimate of drug-likeness (QED) is 0.827. The molecule has 1 aromatic heterocycles. The molecule has 1 fully saturated rings. The third kappa shape index (κ3) is 3.08. The minimum Gasteiger partial charge on any atom is -0.468 e. The molecule has 0 amide bonds. The third-order valence-electron chi connectivity index (χ3n) is 3.01. The topological polar surface area (TPSA) is 42.4 Å². The number of likely N-dealkylation sites (tertiary alicyclic amines) is 1. The summed E-state index contributed by atoms with van der Waals surface area (Å²) >= 11 is 0. The van der Waals surface area contributed by atoms with Gasteiger partial charge in [0.1, 0.15) is 5.76 Å². The van der Waals surface area contributed by atoms with Gasteiger partial charge in [-0.25, -0.2) is 0 Å². The molecule has 1 aliphatic heterocycles. The molecule has 1 aliphatic rings. The molecule has 3 nitrogen and oxygen atoms in total. The second kappa shape index (κ2) is 5.33. The summed E-state index contributed by atoms with van der Waals surface area (Å²) in [5.74, 6) is 0.889. The maximum atomic E-state index is 5.51. The van der Waals surface area contributed by atoms with E-state index < -0.39 is 0 Å². The molecule has 0 radical (unpaired) electrons. The van der Waals surface area contributed by atoms with E-state index in [1.54, 1.807) is 0 Å². The zero-order chi connectivity index (χ0) is 10.5. The molecule has 84 valence electrons. The SMILES string of the molecule is NCc1cc(CN2CCCCCC2)co1. The van der Waals surface area contributed by atoms with E-state index in [-0.39, 0.29) is 0 Å². The lowest BCUT2D eigenvalue weighted by Gasteiger charge is -2.18. The van der Waals surface area contributed by atoms with E-state index in [1.807, 2.05) is 6.26 Å². The van der Waals surface area contributed by atoms with Gasteiger partial charge in [-0.15, -0.1) is 0 Å². The number of hydrogen-bond donors (Lipinski definition) is 1. The second-order valence-electron chi connectivity index (χ2n) is 4.32. The van der Waals surface area contributed by atoms with Crippen LogP contribution in [0.15, 0.2) is 16.7 Å². The summed E-state index contributed by atoms with van der Waals surface area (Å²) in [5, 5.41) is 0. The fourth-order valence-corrected chi connectivity index (χ4v) is 2.17. The van der Waals surface area contributed by atoms with E-state index in [1.165, 1.54) is 44.3 Å². The zero-order valence-electron chi connectivity index (χ0n) is 9.24. The van der Waals surface area contributed by atoms with Crippen molar-refractivity contribution in [1.29, 1.82) is 0 Å². The van der Waals surface area contributed by atoms with Crippen molar-refractivity contribution >= 4 is 0 Å². The van der Waals surface area contributed by atoms with Gasteiger partial charge < -0.3 is 10.2 Å². The van der Waals surface area contributed by atoms with Gasteiger partial charge in [0, 0.05) is 12.1 Å². The molecule has 3 heteroatoms. The Morgan fingerprint density at radius 3 is 2.53 bits per heavy atom. The van der Waals surface area contributed by atoms with E-state index in [9.17, 15) is 0 Å². The van der Waals surface area contributed by atoms with Crippen molar-refractivity contribution in [1.82, 2.24) is 4.90 Å². The minimum absolute atomic E-state index is 0.500. The van der Waals surface area contributed by atoms with Gasteiger partial charge in [-0.05, 0) is 32.0 Å². The highest BCUT2D eigenvalue weighted by atomic mass is 16.3. The average molecular weight is 208 g/mol. The zero-order valence-corrected chi connectivity index (χ0v) is 9.24. The van der Waals surface area contributed by atoms with Crippen LogP contribution in [0.2, 0.25) is 0 Å². The first-order valence-electron chi connectivity index (χ1n) is 5.87. The van der Waals surface area contributed by atoms with Crippen LogP contribution in [-0.4, -0.2) is 18.0 Å². The summed E-state index contributed by atoms with van der Waals surface area (Å²) in [4.78, 5) is 2.51. The molecule has 0 unspecified atom stereocenters. The number of nitrogens with zero attached hydrogens (tertiary/aromatic N) is 1. The molecule has 1 aromatic rings. The fourth-order valence-electron chi connectivity index (χ4n) is 2.17. The highest BCUT2D eigenvalue weighted by molar-refractivity contribution is 5.12. The average Bonchev–Trinajstić information content (AvgIpc) is 2.54. The molecular weight excluding hydrogens is 188 g/mol. The number of rotatable bonds is 3. The summed E-state index contributed by atoms with van der Waals surface area (Å²) in [7, 11) is 0. The minimum atomic E-state index is 0.500. The Bertz CT molecular complexity index is 288. The number of nitrogens with two attached hydrogens (primary N) is 1. The largest absolute Gasteiger partial charge is 0.468 e. The number of furan rings is 1. The van der Waals surface area contributed by atoms with Gasteiger partial charge in [0.05, 0.1) is 12.8 Å². The Morgan fingerprint density at radius 1 is 1.20 bits per heavy atom. The van der Waals surface area contributed by atoms with Crippen molar-refractivity contribution in [3.63, 3.8) is 0 Å². The number of hydrogen-bond acceptors (Lipinski definition) is 3. The van der Waals surface area contributed by atoms with Crippen LogP contribution in [0.3, 0.4) is 0 Å². The first-order chi connectivity index (χ1) is 7.38. The van der Waals surface area contributed by atoms with Crippen LogP contribution < -0.4 is 5.73 Å². The molecule has 0 bridgehead atoms. The fraction of sp³-hybridized carbons (Fsp3) is 0.667. The Hall–Kier alpha value is -0.800. The summed E-state index contributed by atoms with van der Waals surface area (Å²) in [6.45, 7) is 3.97. The molecule has 2 N–H and O–H groups in total. The van der Waals surface area contributed by atoms with Crippen LogP contribution in [0, 0.1) is 0 Å². The molecule has 15 heavy (non-hydrogen) atoms. The molecule has 0 aromatic carbocycles. The van der Waals surface area contributed by atoms with Crippen LogP contribution in [0.4, 0.5) is 0 Å². The Morgan fingerprint density at radius 2 is 1.93 bits per heavy atom. The predicted octanol–water partition coefficient (Wildman–Crippen LogP) is 2.11. The molecule has 2 heterocycles. The van der Waals surface area contributed by atoms with Crippen molar-refractivity contribution in [2.75, 3.05) is 13.1 Å². The lowest BCUT2D eigenvalue weighted by Crippen LogP contribution is -2.23. The van der Waals surface area contributed by atoms with E-state index >= 15 is 0 Å². The van der Waals surface area contributed by atoms with Crippen LogP contribution in [-0.2, 0) is 13.1 Å². The third-order valence-corrected chi connectivity index (χ3v) is 3.01. The van der Waals surface area contributed by atoms with E-state index in [2.05, 4.69) is 11.0 Å². The summed E-state index contributed by atoms with van der Waals surface area (Å²) in [6.07, 6.45) is 7.28. The van der Waals surface area contributed by atoms with Crippen molar-refractivity contribution < 1.29 is 4.42 Å². The summed E-state index contributed by atoms with van der Waals surface area (Å²) in [6, 6.07) is 2.07. The molecule has 0 spiro atoms. The smallest absolute Gasteiger partial charge is 0.117 e. The van der Waals surface area contributed by atoms with E-state index in [0.717, 1.165) is 12.3 Å². The first kappa shape index (κ1) is 10.7. The van der Waals surface area contributed by atoms with Gasteiger partial charge in [0.2, 0.25) is 0 Å². The van der Waals surface area contributed by atoms with E-state index in [4.69, 9.17) is 10.2 Å². The lowest BCUT2D eigenvalue weighted by molar-refractivity contribution is 0.276. The van der Waals surface area contributed by atoms with Crippen molar-refractivity contribution in [2.45, 2.75) is 38.8 Å². The summed E-state index contributed by atoms with van der Waals surface area (Å²) < 4.78 is 5.33. The molecule has 1 saturated heterocycles. The van der Waals surface area contributed by atoms with Gasteiger partial charge in [-0.1, -0.05) is 12.8 Å². The predicted molar refractivity (Wildman–Crippen MR) is 60.3 cm³/mol. The van der Waals surface area contributed by atoms with Gasteiger partial charge in [0.15, 0.2) is 0 Å². The van der Waals surface area contributed by atoms with Gasteiger partial charge >= 0.3 is 0 Å². The van der Waals surface area contributed by atoms with Crippen LogP contribution in [0.1, 0.15) is 37.0 Å². The highest BCUT2D eigenvalue weighted by Gasteiger charge is 2.10. The molecule has 0 aliphatic carbocycles. The molecule has 2 rings (SSSR count). The first-order valence-corrected chi connectivity index (χ1v) is 5.87. The van der Waals surface area contributed by atoms with Crippen LogP contribution >= 0.6 is 0 Å². The normalized spacial score (nSPS) is 19.0. The summed E-state index contributed by atoms with van der Waals surface area (Å²) in [5.41, 5.74) is 6.78. The molecule has 0 saturated carbocycles. The maximum absolute atomic E-state index is 5.51. The monoisotopic (exact) mass is 208 g/mol. The van der Waals surface area contributed by atoms with E-state index in [0.29, 0.717) is 6.54 Å². The van der Waals surface area contributed by atoms with Crippen molar-refractivity contribution in [3.05, 3.63) is 23.7 Å². The second-order valence-corrected chi connectivity index (χ2v) is 4.32. The Labute approximate surface area is 91.2 Å². The standard InChI is InChI=1S/C12H20N2O/c13-8-12-7-11(10-15-12)9-14-5-3-1-2-4-6-14/h7,10H,1-6,8-9,13H2. The van der Waals surface area contributed by atoms with Crippen LogP contribution in [0.25, 0.3) is 0 Å². The van der Waals surface area contributed by atoms with Crippen LogP contribution in [0.5, 0.6) is 0 Å². The Kier molecular flexibility index (Phi) is 3.80. The highest BCUT2D eigenvalue weighted by Crippen LogP contribution is 2.14. The van der Waals surface area contributed by atoms with Crippen molar-refractivity contribution in [2.24, 2.45) is 5.73 Å². The van der Waals surface area contributed by atoms with Gasteiger partial charge in [0.25, 0.3) is 0 Å². The van der Waals surface area contributed by atoms with Gasteiger partial charge in [-0.2, -0.15) is 0 Å². The van der Waals surface area contributed by atoms with Crippen molar-refractivity contribution in [3.8, 4) is 0 Å². The maximum Gasteiger partial charge on any atom is 0.117 e.